The van der Waals surface area contributed by atoms with Crippen LogP contribution in [0, 0.1) is 0 Å². The van der Waals surface area contributed by atoms with Gasteiger partial charge in [-0.1, -0.05) is 90.1 Å². The number of hydrogen-bond donors (Lipinski definition) is 2. The highest BCUT2D eigenvalue weighted by Gasteiger charge is 2.37. The van der Waals surface area contributed by atoms with Gasteiger partial charge in [-0.25, -0.2) is 0 Å². The molecule has 136 valence electrons. The van der Waals surface area contributed by atoms with Crippen molar-refractivity contribution in [2.75, 3.05) is 0 Å². The first kappa shape index (κ1) is 19.7. The number of aliphatic hydroxyl groups excluding tert-OH is 1. The van der Waals surface area contributed by atoms with Gasteiger partial charge in [0, 0.05) is 0 Å². The topological polar surface area (TPSA) is 40.5 Å². The van der Waals surface area contributed by atoms with Crippen LogP contribution in [0.2, 0.25) is 0 Å². The molecule has 2 rings (SSSR count). The van der Waals surface area contributed by atoms with E-state index in [-0.39, 0.29) is 10.8 Å². The van der Waals surface area contributed by atoms with E-state index in [2.05, 4.69) is 41.5 Å². The number of rotatable bonds is 3. The van der Waals surface area contributed by atoms with E-state index in [1.54, 1.807) is 6.92 Å². The van der Waals surface area contributed by atoms with E-state index in [9.17, 15) is 10.2 Å². The molecule has 0 aliphatic carbocycles. The van der Waals surface area contributed by atoms with Gasteiger partial charge in [0.25, 0.3) is 0 Å². The van der Waals surface area contributed by atoms with Gasteiger partial charge in [0.2, 0.25) is 0 Å². The van der Waals surface area contributed by atoms with Crippen LogP contribution in [0.25, 0.3) is 0 Å². The molecule has 1 unspecified atom stereocenters. The predicted octanol–water partition coefficient (Wildman–Crippen LogP) is 4.90. The SMILES string of the molecule is CC(O)C(O)(c1ccc(C(C)(C)C)cc1)c1ccc(C(C)(C)C)cc1. The third-order valence-corrected chi connectivity index (χ3v) is 4.99. The Morgan fingerprint density at radius 1 is 0.600 bits per heavy atom. The molecular formula is C23H32O2. The minimum absolute atomic E-state index is 0.0514. The van der Waals surface area contributed by atoms with Crippen molar-refractivity contribution in [3.05, 3.63) is 70.8 Å². The molecule has 0 spiro atoms. The fourth-order valence-electron chi connectivity index (χ4n) is 3.10. The van der Waals surface area contributed by atoms with Crippen LogP contribution in [-0.4, -0.2) is 16.3 Å². The predicted molar refractivity (Wildman–Crippen MR) is 105 cm³/mol. The molecule has 1 atom stereocenters. The van der Waals surface area contributed by atoms with Crippen LogP contribution in [0.1, 0.15) is 70.7 Å². The van der Waals surface area contributed by atoms with Crippen molar-refractivity contribution in [3.63, 3.8) is 0 Å². The molecule has 2 N–H and O–H groups in total. The minimum Gasteiger partial charge on any atom is -0.390 e. The lowest BCUT2D eigenvalue weighted by atomic mass is 9.78. The van der Waals surface area contributed by atoms with Crippen LogP contribution in [0.3, 0.4) is 0 Å². The van der Waals surface area contributed by atoms with Crippen LogP contribution in [-0.2, 0) is 16.4 Å². The summed E-state index contributed by atoms with van der Waals surface area (Å²) in [5.74, 6) is 0. The first-order valence-electron chi connectivity index (χ1n) is 8.99. The Hall–Kier alpha value is -1.64. The average molecular weight is 341 g/mol. The van der Waals surface area contributed by atoms with Crippen molar-refractivity contribution in [3.8, 4) is 0 Å². The Morgan fingerprint density at radius 3 is 1.04 bits per heavy atom. The molecule has 0 saturated heterocycles. The van der Waals surface area contributed by atoms with Crippen LogP contribution in [0.4, 0.5) is 0 Å². The highest BCUT2D eigenvalue weighted by molar-refractivity contribution is 5.41. The highest BCUT2D eigenvalue weighted by atomic mass is 16.3. The molecule has 0 aliphatic rings. The molecule has 0 radical (unpaired) electrons. The van der Waals surface area contributed by atoms with Crippen molar-refractivity contribution < 1.29 is 10.2 Å². The van der Waals surface area contributed by atoms with Gasteiger partial charge in [0.1, 0.15) is 5.60 Å². The fourth-order valence-corrected chi connectivity index (χ4v) is 3.10. The lowest BCUT2D eigenvalue weighted by Crippen LogP contribution is -2.39. The van der Waals surface area contributed by atoms with E-state index < -0.39 is 11.7 Å². The molecule has 0 saturated carbocycles. The molecule has 2 aromatic rings. The van der Waals surface area contributed by atoms with Crippen molar-refractivity contribution in [2.45, 2.75) is 71.0 Å². The monoisotopic (exact) mass is 340 g/mol. The van der Waals surface area contributed by atoms with Gasteiger partial charge >= 0.3 is 0 Å². The van der Waals surface area contributed by atoms with Gasteiger partial charge in [-0.05, 0) is 40.0 Å². The lowest BCUT2D eigenvalue weighted by molar-refractivity contribution is -0.0394. The lowest BCUT2D eigenvalue weighted by Gasteiger charge is -2.33. The second kappa shape index (κ2) is 6.59. The molecule has 0 heterocycles. The number of aliphatic hydroxyl groups is 2. The first-order valence-corrected chi connectivity index (χ1v) is 8.99. The Morgan fingerprint density at radius 2 is 0.840 bits per heavy atom. The summed E-state index contributed by atoms with van der Waals surface area (Å²) >= 11 is 0. The van der Waals surface area contributed by atoms with Gasteiger partial charge in [0.05, 0.1) is 6.10 Å². The molecular weight excluding hydrogens is 308 g/mol. The van der Waals surface area contributed by atoms with Crippen molar-refractivity contribution in [1.82, 2.24) is 0 Å². The molecule has 0 fully saturated rings. The van der Waals surface area contributed by atoms with Crippen LogP contribution < -0.4 is 0 Å². The molecule has 25 heavy (non-hydrogen) atoms. The molecule has 0 bridgehead atoms. The van der Waals surface area contributed by atoms with Crippen LogP contribution >= 0.6 is 0 Å². The van der Waals surface area contributed by atoms with Gasteiger partial charge in [0.15, 0.2) is 0 Å². The fraction of sp³-hybridized carbons (Fsp3) is 0.478. The van der Waals surface area contributed by atoms with Crippen LogP contribution in [0.15, 0.2) is 48.5 Å². The average Bonchev–Trinajstić information content (AvgIpc) is 2.52. The van der Waals surface area contributed by atoms with E-state index in [0.29, 0.717) is 11.1 Å². The maximum Gasteiger partial charge on any atom is 0.140 e. The summed E-state index contributed by atoms with van der Waals surface area (Å²) in [4.78, 5) is 0. The zero-order valence-electron chi connectivity index (χ0n) is 16.6. The maximum atomic E-state index is 11.4. The zero-order chi connectivity index (χ0) is 19.0. The third kappa shape index (κ3) is 3.96. The normalized spacial score (nSPS) is 14.4. The second-order valence-corrected chi connectivity index (χ2v) is 9.10. The van der Waals surface area contributed by atoms with Gasteiger partial charge in [-0.15, -0.1) is 0 Å². The van der Waals surface area contributed by atoms with E-state index >= 15 is 0 Å². The summed E-state index contributed by atoms with van der Waals surface area (Å²) in [6, 6.07) is 15.8. The molecule has 0 aliphatic heterocycles. The molecule has 2 nitrogen and oxygen atoms in total. The molecule has 2 heteroatoms. The quantitative estimate of drug-likeness (QED) is 0.834. The van der Waals surface area contributed by atoms with E-state index in [4.69, 9.17) is 0 Å². The van der Waals surface area contributed by atoms with Crippen molar-refractivity contribution in [1.29, 1.82) is 0 Å². The summed E-state index contributed by atoms with van der Waals surface area (Å²) in [5, 5.41) is 21.8. The van der Waals surface area contributed by atoms with Gasteiger partial charge in [-0.3, -0.25) is 0 Å². The van der Waals surface area contributed by atoms with Gasteiger partial charge < -0.3 is 10.2 Å². The largest absolute Gasteiger partial charge is 0.390 e. The summed E-state index contributed by atoms with van der Waals surface area (Å²) < 4.78 is 0. The maximum absolute atomic E-state index is 11.4. The Kier molecular flexibility index (Phi) is 5.18. The minimum atomic E-state index is -1.42. The van der Waals surface area contributed by atoms with Gasteiger partial charge in [-0.2, -0.15) is 0 Å². The Labute approximate surface area is 152 Å². The second-order valence-electron chi connectivity index (χ2n) is 9.10. The Balaban J connectivity index is 2.48. The first-order chi connectivity index (χ1) is 11.4. The van der Waals surface area contributed by atoms with Crippen molar-refractivity contribution >= 4 is 0 Å². The van der Waals surface area contributed by atoms with E-state index in [1.807, 2.05) is 48.5 Å². The number of hydrogen-bond acceptors (Lipinski definition) is 2. The van der Waals surface area contributed by atoms with Crippen LogP contribution in [0.5, 0.6) is 0 Å². The summed E-state index contributed by atoms with van der Waals surface area (Å²) in [5.41, 5.74) is 2.50. The number of benzene rings is 2. The van der Waals surface area contributed by atoms with Crippen molar-refractivity contribution in [2.24, 2.45) is 0 Å². The summed E-state index contributed by atoms with van der Waals surface area (Å²) in [6.07, 6.45) is -0.923. The summed E-state index contributed by atoms with van der Waals surface area (Å²) in [6.45, 7) is 14.6. The zero-order valence-corrected chi connectivity index (χ0v) is 16.6. The van der Waals surface area contributed by atoms with E-state index in [0.717, 1.165) is 0 Å². The molecule has 0 aromatic heterocycles. The smallest absolute Gasteiger partial charge is 0.140 e. The molecule has 0 amide bonds. The standard InChI is InChI=1S/C23H32O2/c1-16(24)23(25,19-12-8-17(9-13-19)21(2,3)4)20-14-10-18(11-15-20)22(5,6)7/h8-16,24-25H,1-7H3. The third-order valence-electron chi connectivity index (χ3n) is 4.99. The highest BCUT2D eigenvalue weighted by Crippen LogP contribution is 2.35. The molecule has 2 aromatic carbocycles. The summed E-state index contributed by atoms with van der Waals surface area (Å²) in [7, 11) is 0. The Bertz CT molecular complexity index is 638. The van der Waals surface area contributed by atoms with E-state index in [1.165, 1.54) is 11.1 Å².